The summed E-state index contributed by atoms with van der Waals surface area (Å²) in [5.41, 5.74) is -0.537. The molecule has 0 spiro atoms. The molecule has 0 saturated heterocycles. The normalized spacial score (nSPS) is 10.7. The van der Waals surface area contributed by atoms with E-state index in [9.17, 15) is 18.4 Å². The Balaban J connectivity index is 2.43. The number of H-pyrrole nitrogens is 1. The summed E-state index contributed by atoms with van der Waals surface area (Å²) in [7, 11) is 0. The zero-order valence-corrected chi connectivity index (χ0v) is 10.6. The Morgan fingerprint density at radius 1 is 1.42 bits per heavy atom. The van der Waals surface area contributed by atoms with E-state index >= 15 is 0 Å². The van der Waals surface area contributed by atoms with Crippen molar-refractivity contribution in [3.05, 3.63) is 39.8 Å². The second-order valence-electron chi connectivity index (χ2n) is 3.59. The van der Waals surface area contributed by atoms with E-state index in [0.717, 1.165) is 12.1 Å². The number of nitrogens with zero attached hydrogens (tertiary/aromatic N) is 2. The van der Waals surface area contributed by atoms with Crippen molar-refractivity contribution in [2.75, 3.05) is 0 Å². The molecule has 1 heterocycles. The van der Waals surface area contributed by atoms with Gasteiger partial charge in [0.25, 0.3) is 0 Å². The van der Waals surface area contributed by atoms with Crippen molar-refractivity contribution in [3.8, 4) is 0 Å². The minimum absolute atomic E-state index is 0.0886. The van der Waals surface area contributed by atoms with Gasteiger partial charge in [0, 0.05) is 12.1 Å². The first-order chi connectivity index (χ1) is 9.06. The molecule has 8 heteroatoms. The summed E-state index contributed by atoms with van der Waals surface area (Å²) in [4.78, 5) is 21.5. The van der Waals surface area contributed by atoms with E-state index in [1.54, 1.807) is 6.92 Å². The van der Waals surface area contributed by atoms with Crippen LogP contribution in [0, 0.1) is 11.6 Å². The summed E-state index contributed by atoms with van der Waals surface area (Å²) in [5, 5.41) is 6.05. The predicted molar refractivity (Wildman–Crippen MR) is 64.4 cm³/mol. The number of aldehydes is 1. The molecule has 5 nitrogen and oxygen atoms in total. The number of aromatic amines is 1. The summed E-state index contributed by atoms with van der Waals surface area (Å²) in [6.07, 6.45) is 0.358. The van der Waals surface area contributed by atoms with Crippen molar-refractivity contribution in [3.63, 3.8) is 0 Å². The van der Waals surface area contributed by atoms with Crippen LogP contribution in [0.15, 0.2) is 27.0 Å². The number of carbonyl (C=O) groups is 1. The average molecular weight is 285 g/mol. The van der Waals surface area contributed by atoms with Gasteiger partial charge in [-0.15, -0.1) is 5.10 Å². The average Bonchev–Trinajstić information content (AvgIpc) is 2.73. The zero-order chi connectivity index (χ0) is 14.0. The van der Waals surface area contributed by atoms with Gasteiger partial charge in [-0.2, -0.15) is 0 Å². The number of rotatable bonds is 4. The fraction of sp³-hybridized carbons (Fsp3) is 0.182. The number of carbonyl (C=O) groups excluding carboxylic acids is 1. The largest absolute Gasteiger partial charge is 0.343 e. The van der Waals surface area contributed by atoms with Crippen LogP contribution in [0.4, 0.5) is 8.78 Å². The summed E-state index contributed by atoms with van der Waals surface area (Å²) in [6.45, 7) is 2.04. The van der Waals surface area contributed by atoms with Gasteiger partial charge in [-0.05, 0) is 30.8 Å². The topological polar surface area (TPSA) is 67.8 Å². The van der Waals surface area contributed by atoms with Gasteiger partial charge >= 0.3 is 5.69 Å². The maximum atomic E-state index is 13.7. The quantitative estimate of drug-likeness (QED) is 0.870. The molecule has 0 bridgehead atoms. The molecule has 1 aromatic heterocycles. The highest BCUT2D eigenvalue weighted by Gasteiger charge is 2.16. The van der Waals surface area contributed by atoms with Crippen molar-refractivity contribution in [2.45, 2.75) is 23.5 Å². The number of hydrogen-bond donors (Lipinski definition) is 1. The van der Waals surface area contributed by atoms with E-state index in [-0.39, 0.29) is 15.6 Å². The number of nitrogens with one attached hydrogen (secondary N) is 1. The highest BCUT2D eigenvalue weighted by molar-refractivity contribution is 7.99. The third-order valence-electron chi connectivity index (χ3n) is 2.39. The standard InChI is InChI=1S/C11H9F2N3O2S/c1-2-16-10(18)14-15-11(16)19-9-7(12)3-6(5-17)4-8(9)13/h3-5H,2H2,1H3,(H,14,18). The molecule has 0 saturated carbocycles. The molecule has 2 aromatic rings. The molecule has 0 amide bonds. The minimum Gasteiger partial charge on any atom is -0.298 e. The first kappa shape index (κ1) is 13.5. The van der Waals surface area contributed by atoms with Gasteiger partial charge in [-0.25, -0.2) is 18.7 Å². The second kappa shape index (κ2) is 5.35. The Morgan fingerprint density at radius 2 is 2.05 bits per heavy atom. The zero-order valence-electron chi connectivity index (χ0n) is 9.81. The smallest absolute Gasteiger partial charge is 0.298 e. The molecule has 0 unspecified atom stereocenters. The molecule has 1 aromatic carbocycles. The van der Waals surface area contributed by atoms with Crippen LogP contribution in [-0.4, -0.2) is 21.1 Å². The van der Waals surface area contributed by atoms with Crippen LogP contribution in [-0.2, 0) is 6.54 Å². The summed E-state index contributed by atoms with van der Waals surface area (Å²) >= 11 is 0.687. The van der Waals surface area contributed by atoms with E-state index < -0.39 is 17.3 Å². The van der Waals surface area contributed by atoms with Gasteiger partial charge < -0.3 is 0 Å². The molecule has 1 N–H and O–H groups in total. The fourth-order valence-electron chi connectivity index (χ4n) is 1.50. The lowest BCUT2D eigenvalue weighted by Gasteiger charge is -2.05. The minimum atomic E-state index is -0.870. The predicted octanol–water partition coefficient (Wildman–Crippen LogP) is 1.83. The van der Waals surface area contributed by atoms with Crippen molar-refractivity contribution in [1.29, 1.82) is 0 Å². The Hall–Kier alpha value is -1.96. The van der Waals surface area contributed by atoms with Gasteiger partial charge in [-0.3, -0.25) is 9.36 Å². The lowest BCUT2D eigenvalue weighted by molar-refractivity contribution is 0.112. The number of halogens is 2. The van der Waals surface area contributed by atoms with Crippen molar-refractivity contribution in [1.82, 2.24) is 14.8 Å². The third-order valence-corrected chi connectivity index (χ3v) is 3.48. The van der Waals surface area contributed by atoms with Gasteiger partial charge in [0.15, 0.2) is 5.16 Å². The molecule has 2 rings (SSSR count). The summed E-state index contributed by atoms with van der Waals surface area (Å²) in [6, 6.07) is 1.86. The molecular formula is C11H9F2N3O2S. The highest BCUT2D eigenvalue weighted by atomic mass is 32.2. The Morgan fingerprint density at radius 3 is 2.58 bits per heavy atom. The Kier molecular flexibility index (Phi) is 3.79. The summed E-state index contributed by atoms with van der Waals surface area (Å²) < 4.78 is 28.6. The van der Waals surface area contributed by atoms with Gasteiger partial charge in [0.2, 0.25) is 0 Å². The van der Waals surface area contributed by atoms with E-state index in [1.165, 1.54) is 4.57 Å². The van der Waals surface area contributed by atoms with Crippen LogP contribution in [0.2, 0.25) is 0 Å². The monoisotopic (exact) mass is 285 g/mol. The fourth-order valence-corrected chi connectivity index (χ4v) is 2.41. The van der Waals surface area contributed by atoms with Crippen LogP contribution in [0.5, 0.6) is 0 Å². The van der Waals surface area contributed by atoms with Crippen LogP contribution >= 0.6 is 11.8 Å². The molecular weight excluding hydrogens is 276 g/mol. The van der Waals surface area contributed by atoms with Gasteiger partial charge in [0.1, 0.15) is 17.9 Å². The maximum absolute atomic E-state index is 13.7. The molecule has 100 valence electrons. The van der Waals surface area contributed by atoms with Crippen LogP contribution in [0.3, 0.4) is 0 Å². The van der Waals surface area contributed by atoms with Crippen LogP contribution < -0.4 is 5.69 Å². The van der Waals surface area contributed by atoms with E-state index in [0.29, 0.717) is 24.6 Å². The van der Waals surface area contributed by atoms with Gasteiger partial charge in [0.05, 0.1) is 4.90 Å². The van der Waals surface area contributed by atoms with Gasteiger partial charge in [-0.1, -0.05) is 0 Å². The van der Waals surface area contributed by atoms with Crippen LogP contribution in [0.25, 0.3) is 0 Å². The Labute approximate surface area is 110 Å². The summed E-state index contributed by atoms with van der Waals surface area (Å²) in [5.74, 6) is -1.74. The molecule has 19 heavy (non-hydrogen) atoms. The third kappa shape index (κ3) is 2.58. The molecule has 0 radical (unpaired) electrons. The number of aromatic nitrogens is 3. The lowest BCUT2D eigenvalue weighted by atomic mass is 10.2. The SMILES string of the molecule is CCn1c(Sc2c(F)cc(C=O)cc2F)n[nH]c1=O. The molecule has 0 fully saturated rings. The number of hydrogen-bond acceptors (Lipinski definition) is 4. The van der Waals surface area contributed by atoms with Crippen LogP contribution in [0.1, 0.15) is 17.3 Å². The van der Waals surface area contributed by atoms with E-state index in [2.05, 4.69) is 10.2 Å². The number of benzene rings is 1. The van der Waals surface area contributed by atoms with E-state index in [4.69, 9.17) is 0 Å². The first-order valence-electron chi connectivity index (χ1n) is 5.34. The van der Waals surface area contributed by atoms with E-state index in [1.807, 2.05) is 0 Å². The molecule has 0 atom stereocenters. The van der Waals surface area contributed by atoms with Crippen molar-refractivity contribution < 1.29 is 13.6 Å². The first-order valence-corrected chi connectivity index (χ1v) is 6.15. The molecule has 0 aliphatic rings. The Bertz CT molecular complexity index is 658. The lowest BCUT2D eigenvalue weighted by Crippen LogP contribution is -2.16. The molecule has 0 aliphatic heterocycles. The highest BCUT2D eigenvalue weighted by Crippen LogP contribution is 2.30. The van der Waals surface area contributed by atoms with Crippen molar-refractivity contribution >= 4 is 18.0 Å². The molecule has 0 aliphatic carbocycles. The van der Waals surface area contributed by atoms with Crippen molar-refractivity contribution in [2.24, 2.45) is 0 Å². The maximum Gasteiger partial charge on any atom is 0.343 e. The second-order valence-corrected chi connectivity index (χ2v) is 4.57.